The van der Waals surface area contributed by atoms with Crippen molar-refractivity contribution in [2.75, 3.05) is 5.75 Å². The van der Waals surface area contributed by atoms with Crippen molar-refractivity contribution in [3.8, 4) is 11.4 Å². The SMILES string of the molecule is Cc1nnc(SCC(=O)N/N=C\c2cc(Br)ccc2O)n1-c1ccccc1. The number of rotatable bonds is 6. The molecule has 0 radical (unpaired) electrons. The van der Waals surface area contributed by atoms with Gasteiger partial charge in [-0.05, 0) is 37.3 Å². The maximum atomic E-state index is 12.0. The topological polar surface area (TPSA) is 92.4 Å². The molecule has 0 aliphatic rings. The summed E-state index contributed by atoms with van der Waals surface area (Å²) in [5.41, 5.74) is 3.87. The molecule has 0 saturated heterocycles. The average molecular weight is 446 g/mol. The van der Waals surface area contributed by atoms with Crippen LogP contribution in [0.15, 0.2) is 63.3 Å². The number of phenols is 1. The number of aromatic hydroxyl groups is 1. The van der Waals surface area contributed by atoms with Crippen molar-refractivity contribution in [3.63, 3.8) is 0 Å². The van der Waals surface area contributed by atoms with Gasteiger partial charge in [0.15, 0.2) is 5.16 Å². The third kappa shape index (κ3) is 4.95. The van der Waals surface area contributed by atoms with Crippen molar-refractivity contribution in [1.29, 1.82) is 0 Å². The number of aromatic nitrogens is 3. The first-order chi connectivity index (χ1) is 13.0. The number of carbonyl (C=O) groups is 1. The van der Waals surface area contributed by atoms with E-state index in [9.17, 15) is 9.90 Å². The Hall–Kier alpha value is -2.65. The fourth-order valence-corrected chi connectivity index (χ4v) is 3.44. The van der Waals surface area contributed by atoms with Crippen LogP contribution in [0.5, 0.6) is 5.75 Å². The summed E-state index contributed by atoms with van der Waals surface area (Å²) in [6, 6.07) is 14.7. The molecule has 138 valence electrons. The van der Waals surface area contributed by atoms with Gasteiger partial charge in [0.1, 0.15) is 11.6 Å². The van der Waals surface area contributed by atoms with E-state index < -0.39 is 0 Å². The van der Waals surface area contributed by atoms with Gasteiger partial charge in [0.25, 0.3) is 5.91 Å². The van der Waals surface area contributed by atoms with Crippen molar-refractivity contribution >= 4 is 39.8 Å². The normalized spacial score (nSPS) is 11.0. The second-order valence-electron chi connectivity index (χ2n) is 5.49. The first-order valence-electron chi connectivity index (χ1n) is 7.95. The number of hydrogen-bond donors (Lipinski definition) is 2. The maximum Gasteiger partial charge on any atom is 0.250 e. The molecule has 1 heterocycles. The molecule has 0 fully saturated rings. The predicted molar refractivity (Wildman–Crippen MR) is 108 cm³/mol. The molecule has 0 bridgehead atoms. The van der Waals surface area contributed by atoms with Crippen LogP contribution < -0.4 is 5.43 Å². The van der Waals surface area contributed by atoms with Crippen LogP contribution in [0.25, 0.3) is 5.69 Å². The minimum Gasteiger partial charge on any atom is -0.507 e. The van der Waals surface area contributed by atoms with Gasteiger partial charge in [-0.2, -0.15) is 5.10 Å². The summed E-state index contributed by atoms with van der Waals surface area (Å²) in [5, 5.41) is 22.5. The molecule has 3 rings (SSSR count). The Balaban J connectivity index is 1.60. The molecule has 0 saturated carbocycles. The smallest absolute Gasteiger partial charge is 0.250 e. The fourth-order valence-electron chi connectivity index (χ4n) is 2.28. The summed E-state index contributed by atoms with van der Waals surface area (Å²) in [6.45, 7) is 1.86. The highest BCUT2D eigenvalue weighted by molar-refractivity contribution is 9.10. The number of phenolic OH excluding ortho intramolecular Hbond substituents is 1. The Bertz CT molecular complexity index is 975. The van der Waals surface area contributed by atoms with Gasteiger partial charge >= 0.3 is 0 Å². The van der Waals surface area contributed by atoms with Crippen LogP contribution in [-0.4, -0.2) is 37.7 Å². The van der Waals surface area contributed by atoms with Crippen LogP contribution in [0.1, 0.15) is 11.4 Å². The molecule has 0 spiro atoms. The molecule has 9 heteroatoms. The number of aryl methyl sites for hydroxylation is 1. The summed E-state index contributed by atoms with van der Waals surface area (Å²) in [6.07, 6.45) is 1.39. The number of para-hydroxylation sites is 1. The van der Waals surface area contributed by atoms with Gasteiger partial charge < -0.3 is 5.11 Å². The van der Waals surface area contributed by atoms with Crippen LogP contribution in [-0.2, 0) is 4.79 Å². The highest BCUT2D eigenvalue weighted by atomic mass is 79.9. The van der Waals surface area contributed by atoms with Crippen molar-refractivity contribution in [3.05, 3.63) is 64.4 Å². The quantitative estimate of drug-likeness (QED) is 0.345. The molecule has 2 aromatic carbocycles. The van der Waals surface area contributed by atoms with E-state index in [1.807, 2.05) is 41.8 Å². The predicted octanol–water partition coefficient (Wildman–Crippen LogP) is 3.29. The Morgan fingerprint density at radius 2 is 2.07 bits per heavy atom. The minimum atomic E-state index is -0.286. The molecule has 1 aromatic heterocycles. The summed E-state index contributed by atoms with van der Waals surface area (Å²) in [7, 11) is 0. The number of hydrogen-bond acceptors (Lipinski definition) is 6. The van der Waals surface area contributed by atoms with E-state index >= 15 is 0 Å². The monoisotopic (exact) mass is 445 g/mol. The van der Waals surface area contributed by atoms with Crippen LogP contribution >= 0.6 is 27.7 Å². The largest absolute Gasteiger partial charge is 0.507 e. The number of amides is 1. The van der Waals surface area contributed by atoms with Crippen molar-refractivity contribution < 1.29 is 9.90 Å². The fraction of sp³-hybridized carbons (Fsp3) is 0.111. The van der Waals surface area contributed by atoms with Gasteiger partial charge in [-0.1, -0.05) is 45.9 Å². The average Bonchev–Trinajstić information content (AvgIpc) is 3.04. The van der Waals surface area contributed by atoms with Crippen LogP contribution in [0, 0.1) is 6.92 Å². The molecular formula is C18H16BrN5O2S. The second kappa shape index (κ2) is 8.83. The van der Waals surface area contributed by atoms with Crippen molar-refractivity contribution in [2.45, 2.75) is 12.1 Å². The van der Waals surface area contributed by atoms with E-state index in [0.717, 1.165) is 16.0 Å². The third-order valence-electron chi connectivity index (χ3n) is 3.52. The zero-order valence-corrected chi connectivity index (χ0v) is 16.7. The number of benzene rings is 2. The molecule has 27 heavy (non-hydrogen) atoms. The van der Waals surface area contributed by atoms with Crippen molar-refractivity contribution in [2.24, 2.45) is 5.10 Å². The molecule has 0 aliphatic carbocycles. The number of carbonyl (C=O) groups excluding carboxylic acids is 1. The first-order valence-corrected chi connectivity index (χ1v) is 9.73. The minimum absolute atomic E-state index is 0.0806. The first kappa shape index (κ1) is 19.1. The highest BCUT2D eigenvalue weighted by Gasteiger charge is 2.13. The highest BCUT2D eigenvalue weighted by Crippen LogP contribution is 2.22. The molecule has 0 unspecified atom stereocenters. The summed E-state index contributed by atoms with van der Waals surface area (Å²) < 4.78 is 2.69. The van der Waals surface area contributed by atoms with Gasteiger partial charge in [0, 0.05) is 15.7 Å². The number of halogens is 1. The lowest BCUT2D eigenvalue weighted by atomic mass is 10.2. The van der Waals surface area contributed by atoms with Gasteiger partial charge in [-0.25, -0.2) is 5.43 Å². The number of thioether (sulfide) groups is 1. The molecule has 0 aliphatic heterocycles. The number of nitrogens with one attached hydrogen (secondary N) is 1. The van der Waals surface area contributed by atoms with Gasteiger partial charge in [0.05, 0.1) is 12.0 Å². The van der Waals surface area contributed by atoms with E-state index in [-0.39, 0.29) is 17.4 Å². The molecular weight excluding hydrogens is 430 g/mol. The summed E-state index contributed by atoms with van der Waals surface area (Å²) >= 11 is 4.59. The molecule has 7 nitrogen and oxygen atoms in total. The van der Waals surface area contributed by atoms with E-state index in [1.54, 1.807) is 18.2 Å². The molecule has 2 N–H and O–H groups in total. The van der Waals surface area contributed by atoms with Crippen LogP contribution in [0.4, 0.5) is 0 Å². The zero-order valence-electron chi connectivity index (χ0n) is 14.3. The molecule has 0 atom stereocenters. The Kier molecular flexibility index (Phi) is 6.25. The van der Waals surface area contributed by atoms with E-state index in [0.29, 0.717) is 10.7 Å². The standard InChI is InChI=1S/C18H16BrN5O2S/c1-12-21-23-18(24(12)15-5-3-2-4-6-15)27-11-17(26)22-20-10-13-9-14(19)7-8-16(13)25/h2-10,25H,11H2,1H3,(H,22,26)/b20-10-. The van der Waals surface area contributed by atoms with Crippen LogP contribution in [0.3, 0.4) is 0 Å². The van der Waals surface area contributed by atoms with Gasteiger partial charge in [0.2, 0.25) is 0 Å². The molecule has 3 aromatic rings. The van der Waals surface area contributed by atoms with Gasteiger partial charge in [-0.3, -0.25) is 9.36 Å². The Labute approximate surface area is 168 Å². The second-order valence-corrected chi connectivity index (χ2v) is 7.34. The van der Waals surface area contributed by atoms with E-state index in [2.05, 4.69) is 36.7 Å². The number of hydrazone groups is 1. The molecule has 1 amide bonds. The van der Waals surface area contributed by atoms with E-state index in [1.165, 1.54) is 18.0 Å². The number of nitrogens with zero attached hydrogens (tertiary/aromatic N) is 4. The Morgan fingerprint density at radius 3 is 2.85 bits per heavy atom. The summed E-state index contributed by atoms with van der Waals surface area (Å²) in [5.74, 6) is 0.669. The summed E-state index contributed by atoms with van der Waals surface area (Å²) in [4.78, 5) is 12.0. The lowest BCUT2D eigenvalue weighted by Gasteiger charge is -2.07. The van der Waals surface area contributed by atoms with E-state index in [4.69, 9.17) is 0 Å². The zero-order chi connectivity index (χ0) is 19.2. The lowest BCUT2D eigenvalue weighted by Crippen LogP contribution is -2.20. The van der Waals surface area contributed by atoms with Gasteiger partial charge in [-0.15, -0.1) is 10.2 Å². The Morgan fingerprint density at radius 1 is 1.30 bits per heavy atom. The van der Waals surface area contributed by atoms with Crippen molar-refractivity contribution in [1.82, 2.24) is 20.2 Å². The van der Waals surface area contributed by atoms with Crippen LogP contribution in [0.2, 0.25) is 0 Å². The lowest BCUT2D eigenvalue weighted by molar-refractivity contribution is -0.118. The maximum absolute atomic E-state index is 12.0. The third-order valence-corrected chi connectivity index (χ3v) is 4.95.